The van der Waals surface area contributed by atoms with Crippen LogP contribution in [0.1, 0.15) is 31.4 Å². The standard InChI is InChI=1S/C25H27NO2S/c1-19(26-17-3-4-18-26)20-5-7-21(8-6-20)22-9-11-23(12-10-22)24-13-15-25(16-14-24)29(2,27)28/h5-16,19H,3-4,17-18H2,1-2H3. The van der Waals surface area contributed by atoms with Gasteiger partial charge in [-0.1, -0.05) is 60.7 Å². The molecule has 1 aliphatic heterocycles. The van der Waals surface area contributed by atoms with Crippen LogP contribution in [0.2, 0.25) is 0 Å². The summed E-state index contributed by atoms with van der Waals surface area (Å²) < 4.78 is 23.2. The van der Waals surface area contributed by atoms with E-state index < -0.39 is 9.84 Å². The summed E-state index contributed by atoms with van der Waals surface area (Å²) in [5.74, 6) is 0. The molecule has 1 saturated heterocycles. The molecule has 3 aromatic carbocycles. The van der Waals surface area contributed by atoms with E-state index >= 15 is 0 Å². The van der Waals surface area contributed by atoms with Crippen LogP contribution in [0.5, 0.6) is 0 Å². The number of hydrogen-bond donors (Lipinski definition) is 0. The van der Waals surface area contributed by atoms with Gasteiger partial charge in [0.05, 0.1) is 4.90 Å². The molecule has 0 amide bonds. The van der Waals surface area contributed by atoms with E-state index in [4.69, 9.17) is 0 Å². The van der Waals surface area contributed by atoms with Crippen molar-refractivity contribution in [1.82, 2.24) is 4.90 Å². The molecular weight excluding hydrogens is 378 g/mol. The average molecular weight is 406 g/mol. The normalized spacial score (nSPS) is 16.1. The number of rotatable bonds is 5. The lowest BCUT2D eigenvalue weighted by molar-refractivity contribution is 0.263. The van der Waals surface area contributed by atoms with E-state index in [9.17, 15) is 8.42 Å². The van der Waals surface area contributed by atoms with E-state index in [1.54, 1.807) is 12.1 Å². The van der Waals surface area contributed by atoms with E-state index in [2.05, 4.69) is 60.4 Å². The molecule has 150 valence electrons. The number of nitrogens with zero attached hydrogens (tertiary/aromatic N) is 1. The first-order valence-electron chi connectivity index (χ1n) is 10.2. The Labute approximate surface area is 173 Å². The van der Waals surface area contributed by atoms with Crippen LogP contribution < -0.4 is 0 Å². The Balaban J connectivity index is 1.50. The topological polar surface area (TPSA) is 37.4 Å². The van der Waals surface area contributed by atoms with Crippen LogP contribution in [0.3, 0.4) is 0 Å². The molecule has 1 fully saturated rings. The van der Waals surface area contributed by atoms with E-state index in [0.29, 0.717) is 10.9 Å². The minimum atomic E-state index is -3.16. The van der Waals surface area contributed by atoms with Crippen LogP contribution in [0.15, 0.2) is 77.7 Å². The molecule has 29 heavy (non-hydrogen) atoms. The lowest BCUT2D eigenvalue weighted by atomic mass is 9.98. The van der Waals surface area contributed by atoms with Crippen LogP contribution in [0.4, 0.5) is 0 Å². The summed E-state index contributed by atoms with van der Waals surface area (Å²) in [6.45, 7) is 4.70. The van der Waals surface area contributed by atoms with Gasteiger partial charge in [-0.05, 0) is 72.8 Å². The quantitative estimate of drug-likeness (QED) is 0.556. The lowest BCUT2D eigenvalue weighted by Crippen LogP contribution is -2.23. The summed E-state index contributed by atoms with van der Waals surface area (Å²) in [5.41, 5.74) is 5.85. The van der Waals surface area contributed by atoms with Crippen molar-refractivity contribution in [1.29, 1.82) is 0 Å². The predicted molar refractivity (Wildman–Crippen MR) is 120 cm³/mol. The maximum Gasteiger partial charge on any atom is 0.175 e. The Hall–Kier alpha value is -2.43. The maximum absolute atomic E-state index is 11.6. The second-order valence-electron chi connectivity index (χ2n) is 7.91. The Morgan fingerprint density at radius 2 is 1.07 bits per heavy atom. The van der Waals surface area contributed by atoms with Gasteiger partial charge in [0.25, 0.3) is 0 Å². The number of hydrogen-bond acceptors (Lipinski definition) is 3. The molecule has 1 unspecified atom stereocenters. The van der Waals surface area contributed by atoms with E-state index in [1.165, 1.54) is 48.9 Å². The second-order valence-corrected chi connectivity index (χ2v) is 9.93. The second kappa shape index (κ2) is 8.13. The Morgan fingerprint density at radius 3 is 1.48 bits per heavy atom. The summed E-state index contributed by atoms with van der Waals surface area (Å²) in [7, 11) is -3.16. The predicted octanol–water partition coefficient (Wildman–Crippen LogP) is 5.58. The highest BCUT2D eigenvalue weighted by Crippen LogP contribution is 2.29. The first-order valence-corrected chi connectivity index (χ1v) is 12.1. The largest absolute Gasteiger partial charge is 0.297 e. The maximum atomic E-state index is 11.6. The van der Waals surface area contributed by atoms with Crippen LogP contribution in [-0.2, 0) is 9.84 Å². The molecule has 0 aliphatic carbocycles. The van der Waals surface area contributed by atoms with Gasteiger partial charge >= 0.3 is 0 Å². The Morgan fingerprint density at radius 1 is 0.690 bits per heavy atom. The molecule has 0 aromatic heterocycles. The summed E-state index contributed by atoms with van der Waals surface area (Å²) in [6, 6.07) is 24.9. The van der Waals surface area contributed by atoms with Crippen molar-refractivity contribution in [2.24, 2.45) is 0 Å². The van der Waals surface area contributed by atoms with Crippen LogP contribution >= 0.6 is 0 Å². The van der Waals surface area contributed by atoms with Crippen molar-refractivity contribution in [3.8, 4) is 22.3 Å². The van der Waals surface area contributed by atoms with Gasteiger partial charge in [-0.15, -0.1) is 0 Å². The molecule has 4 heteroatoms. The zero-order chi connectivity index (χ0) is 20.4. The van der Waals surface area contributed by atoms with Gasteiger partial charge in [0.2, 0.25) is 0 Å². The van der Waals surface area contributed by atoms with E-state index in [0.717, 1.165) is 11.1 Å². The summed E-state index contributed by atoms with van der Waals surface area (Å²) in [5, 5.41) is 0. The summed E-state index contributed by atoms with van der Waals surface area (Å²) >= 11 is 0. The van der Waals surface area contributed by atoms with E-state index in [1.807, 2.05) is 12.1 Å². The highest BCUT2D eigenvalue weighted by Gasteiger charge is 2.19. The molecule has 1 aliphatic rings. The van der Waals surface area contributed by atoms with Crippen molar-refractivity contribution in [3.63, 3.8) is 0 Å². The molecule has 0 N–H and O–H groups in total. The molecule has 0 saturated carbocycles. The monoisotopic (exact) mass is 405 g/mol. The van der Waals surface area contributed by atoms with Gasteiger partial charge in [-0.2, -0.15) is 0 Å². The third kappa shape index (κ3) is 4.44. The zero-order valence-electron chi connectivity index (χ0n) is 17.0. The molecular formula is C25H27NO2S. The number of sulfone groups is 1. The molecule has 3 nitrogen and oxygen atoms in total. The Bertz CT molecular complexity index is 1060. The minimum Gasteiger partial charge on any atom is -0.297 e. The molecule has 1 heterocycles. The van der Waals surface area contributed by atoms with Gasteiger partial charge in [-0.3, -0.25) is 4.90 Å². The molecule has 4 rings (SSSR count). The summed E-state index contributed by atoms with van der Waals surface area (Å²) in [4.78, 5) is 2.90. The average Bonchev–Trinajstić information content (AvgIpc) is 3.28. The third-order valence-corrected chi connectivity index (χ3v) is 7.04. The highest BCUT2D eigenvalue weighted by molar-refractivity contribution is 7.90. The smallest absolute Gasteiger partial charge is 0.175 e. The van der Waals surface area contributed by atoms with E-state index in [-0.39, 0.29) is 0 Å². The van der Waals surface area contributed by atoms with Crippen molar-refractivity contribution in [2.45, 2.75) is 30.7 Å². The van der Waals surface area contributed by atoms with Gasteiger partial charge in [0.15, 0.2) is 9.84 Å². The van der Waals surface area contributed by atoms with Gasteiger partial charge in [-0.25, -0.2) is 8.42 Å². The minimum absolute atomic E-state index is 0.348. The number of benzene rings is 3. The third-order valence-electron chi connectivity index (χ3n) is 5.92. The lowest BCUT2D eigenvalue weighted by Gasteiger charge is -2.24. The molecule has 0 spiro atoms. The molecule has 3 aromatic rings. The van der Waals surface area contributed by atoms with Crippen LogP contribution in [-0.4, -0.2) is 32.7 Å². The van der Waals surface area contributed by atoms with Crippen molar-refractivity contribution >= 4 is 9.84 Å². The van der Waals surface area contributed by atoms with Crippen LogP contribution in [0.25, 0.3) is 22.3 Å². The fourth-order valence-corrected chi connectivity index (χ4v) is 4.67. The first-order chi connectivity index (χ1) is 13.9. The van der Waals surface area contributed by atoms with Gasteiger partial charge in [0, 0.05) is 12.3 Å². The molecule has 0 radical (unpaired) electrons. The van der Waals surface area contributed by atoms with Crippen molar-refractivity contribution in [3.05, 3.63) is 78.4 Å². The molecule has 0 bridgehead atoms. The summed E-state index contributed by atoms with van der Waals surface area (Å²) in [6.07, 6.45) is 3.85. The van der Waals surface area contributed by atoms with Crippen molar-refractivity contribution in [2.75, 3.05) is 19.3 Å². The Kier molecular flexibility index (Phi) is 5.57. The van der Waals surface area contributed by atoms with Gasteiger partial charge in [0.1, 0.15) is 0 Å². The van der Waals surface area contributed by atoms with Crippen molar-refractivity contribution < 1.29 is 8.42 Å². The number of likely N-dealkylation sites (tertiary alicyclic amines) is 1. The molecule has 1 atom stereocenters. The first kappa shape index (κ1) is 19.9. The highest BCUT2D eigenvalue weighted by atomic mass is 32.2. The fraction of sp³-hybridized carbons (Fsp3) is 0.280. The zero-order valence-corrected chi connectivity index (χ0v) is 17.8. The SMILES string of the molecule is CC(c1ccc(-c2ccc(-c3ccc(S(C)(=O)=O)cc3)cc2)cc1)N1CCCC1. The van der Waals surface area contributed by atoms with Crippen LogP contribution in [0, 0.1) is 0 Å². The van der Waals surface area contributed by atoms with Gasteiger partial charge < -0.3 is 0 Å². The fourth-order valence-electron chi connectivity index (χ4n) is 4.04.